The van der Waals surface area contributed by atoms with Gasteiger partial charge in [-0.05, 0) is 0 Å². The number of aliphatic hydroxyl groups excluding tert-OH is 3. The Kier molecular flexibility index (Phi) is 5.42. The summed E-state index contributed by atoms with van der Waals surface area (Å²) in [4.78, 5) is 28.5. The first-order valence-electron chi connectivity index (χ1n) is 5.29. The van der Waals surface area contributed by atoms with Crippen molar-refractivity contribution >= 4 is 13.7 Å². The molecule has 1 heterocycles. The molecule has 0 aromatic rings. The maximum Gasteiger partial charge on any atom is 0.470 e. The van der Waals surface area contributed by atoms with Crippen LogP contribution in [-0.4, -0.2) is 68.3 Å². The van der Waals surface area contributed by atoms with Crippen LogP contribution < -0.4 is 5.32 Å². The zero-order valence-electron chi connectivity index (χ0n) is 9.91. The molecule has 1 aliphatic rings. The van der Waals surface area contributed by atoms with E-state index < -0.39 is 51.0 Å². The smallest absolute Gasteiger partial charge is 0.394 e. The molecule has 1 saturated heterocycles. The predicted octanol–water partition coefficient (Wildman–Crippen LogP) is -2.96. The van der Waals surface area contributed by atoms with E-state index in [0.29, 0.717) is 0 Å². The molecule has 0 radical (unpaired) electrons. The minimum Gasteiger partial charge on any atom is -0.394 e. The van der Waals surface area contributed by atoms with Crippen LogP contribution >= 0.6 is 7.82 Å². The fourth-order valence-corrected chi connectivity index (χ4v) is 2.33. The van der Waals surface area contributed by atoms with Gasteiger partial charge in [-0.2, -0.15) is 0 Å². The molecule has 112 valence electrons. The van der Waals surface area contributed by atoms with Crippen molar-refractivity contribution < 1.29 is 43.7 Å². The average Bonchev–Trinajstić information content (AvgIpc) is 2.26. The van der Waals surface area contributed by atoms with E-state index in [-0.39, 0.29) is 0 Å². The van der Waals surface area contributed by atoms with Crippen molar-refractivity contribution in [2.24, 2.45) is 0 Å². The van der Waals surface area contributed by atoms with Crippen LogP contribution in [0.25, 0.3) is 0 Å². The third-order valence-corrected chi connectivity index (χ3v) is 3.02. The second kappa shape index (κ2) is 6.25. The Balaban J connectivity index is 2.96. The Morgan fingerprint density at radius 3 is 2.42 bits per heavy atom. The number of amides is 1. The number of nitrogens with one attached hydrogen (secondary N) is 1. The van der Waals surface area contributed by atoms with E-state index in [1.54, 1.807) is 0 Å². The highest BCUT2D eigenvalue weighted by molar-refractivity contribution is 7.46. The molecule has 10 nitrogen and oxygen atoms in total. The summed E-state index contributed by atoms with van der Waals surface area (Å²) in [5.74, 6) is -0.624. The summed E-state index contributed by atoms with van der Waals surface area (Å²) in [6, 6.07) is -1.39. The number of carbonyl (C=O) groups is 1. The Hall–Kier alpha value is -0.580. The standard InChI is InChI=1S/C8H16NO9P/c1-3(11)9-5-7(18-19(14,15)16)6(12)4(2-10)17-8(5)13/h4-8,10,12-13H,2H2,1H3,(H,9,11)(H2,14,15,16)/t4?,5-,6-,7?,8+/m0/s1. The van der Waals surface area contributed by atoms with Crippen molar-refractivity contribution in [3.05, 3.63) is 0 Å². The van der Waals surface area contributed by atoms with Gasteiger partial charge in [0, 0.05) is 6.92 Å². The molecular formula is C8H16NO9P. The molecule has 19 heavy (non-hydrogen) atoms. The molecule has 0 aromatic heterocycles. The van der Waals surface area contributed by atoms with Crippen molar-refractivity contribution in [1.82, 2.24) is 5.32 Å². The molecule has 2 unspecified atom stereocenters. The Labute approximate surface area is 108 Å². The summed E-state index contributed by atoms with van der Waals surface area (Å²) in [5, 5.41) is 30.5. The fraction of sp³-hybridized carbons (Fsp3) is 0.875. The molecule has 1 rings (SSSR count). The highest BCUT2D eigenvalue weighted by Gasteiger charge is 2.48. The zero-order chi connectivity index (χ0) is 14.8. The van der Waals surface area contributed by atoms with E-state index >= 15 is 0 Å². The number of phosphoric ester groups is 1. The number of ether oxygens (including phenoxy) is 1. The first-order chi connectivity index (χ1) is 8.65. The van der Waals surface area contributed by atoms with Crippen LogP contribution in [0.15, 0.2) is 0 Å². The first-order valence-corrected chi connectivity index (χ1v) is 6.82. The van der Waals surface area contributed by atoms with Crippen molar-refractivity contribution in [3.63, 3.8) is 0 Å². The van der Waals surface area contributed by atoms with Gasteiger partial charge in [-0.3, -0.25) is 9.32 Å². The van der Waals surface area contributed by atoms with Gasteiger partial charge in [0.2, 0.25) is 5.91 Å². The fourth-order valence-electron chi connectivity index (χ4n) is 1.76. The number of hydrogen-bond acceptors (Lipinski definition) is 7. The highest BCUT2D eigenvalue weighted by Crippen LogP contribution is 2.41. The van der Waals surface area contributed by atoms with E-state index in [1.807, 2.05) is 0 Å². The van der Waals surface area contributed by atoms with E-state index in [2.05, 4.69) is 9.84 Å². The molecule has 5 atom stereocenters. The Morgan fingerprint density at radius 2 is 2.00 bits per heavy atom. The molecule has 1 fully saturated rings. The number of rotatable bonds is 4. The second-order valence-electron chi connectivity index (χ2n) is 4.03. The van der Waals surface area contributed by atoms with Crippen molar-refractivity contribution in [2.75, 3.05) is 6.61 Å². The van der Waals surface area contributed by atoms with Crippen molar-refractivity contribution in [3.8, 4) is 0 Å². The van der Waals surface area contributed by atoms with Crippen LogP contribution in [0.5, 0.6) is 0 Å². The normalized spacial score (nSPS) is 36.0. The third-order valence-electron chi connectivity index (χ3n) is 2.50. The maximum atomic E-state index is 11.0. The Morgan fingerprint density at radius 1 is 1.42 bits per heavy atom. The van der Waals surface area contributed by atoms with E-state index in [1.165, 1.54) is 0 Å². The van der Waals surface area contributed by atoms with Gasteiger partial charge in [-0.15, -0.1) is 0 Å². The van der Waals surface area contributed by atoms with Gasteiger partial charge in [-0.1, -0.05) is 0 Å². The van der Waals surface area contributed by atoms with E-state index in [0.717, 1.165) is 6.92 Å². The number of hydrogen-bond donors (Lipinski definition) is 6. The van der Waals surface area contributed by atoms with Crippen LogP contribution in [0.3, 0.4) is 0 Å². The monoisotopic (exact) mass is 301 g/mol. The first kappa shape index (κ1) is 16.5. The summed E-state index contributed by atoms with van der Waals surface area (Å²) in [6.07, 6.45) is -6.26. The van der Waals surface area contributed by atoms with Crippen molar-refractivity contribution in [1.29, 1.82) is 0 Å². The number of phosphoric acid groups is 1. The molecule has 11 heteroatoms. The molecule has 0 aliphatic carbocycles. The lowest BCUT2D eigenvalue weighted by atomic mass is 9.97. The average molecular weight is 301 g/mol. The second-order valence-corrected chi connectivity index (χ2v) is 5.22. The summed E-state index contributed by atoms with van der Waals surface area (Å²) >= 11 is 0. The molecular weight excluding hydrogens is 285 g/mol. The van der Waals surface area contributed by atoms with E-state index in [9.17, 15) is 19.6 Å². The minimum absolute atomic E-state index is 0.624. The quantitative estimate of drug-likeness (QED) is 0.297. The van der Waals surface area contributed by atoms with Gasteiger partial charge < -0.3 is 35.2 Å². The number of aliphatic hydroxyl groups is 3. The molecule has 0 saturated carbocycles. The molecule has 1 aliphatic heterocycles. The minimum atomic E-state index is -4.98. The van der Waals surface area contributed by atoms with Gasteiger partial charge in [0.15, 0.2) is 6.29 Å². The SMILES string of the molecule is CC(=O)N[C@H]1C(OP(=O)(O)O)[C@@H](O)C(CO)O[C@H]1O. The lowest BCUT2D eigenvalue weighted by Gasteiger charge is -2.42. The summed E-state index contributed by atoms with van der Waals surface area (Å²) in [7, 11) is -4.98. The maximum absolute atomic E-state index is 11.0. The molecule has 0 aromatic carbocycles. The number of carbonyl (C=O) groups excluding carboxylic acids is 1. The van der Waals surface area contributed by atoms with Gasteiger partial charge in [0.25, 0.3) is 0 Å². The summed E-state index contributed by atoms with van der Waals surface area (Å²) in [5.41, 5.74) is 0. The summed E-state index contributed by atoms with van der Waals surface area (Å²) < 4.78 is 20.0. The molecule has 1 amide bonds. The van der Waals surface area contributed by atoms with Gasteiger partial charge in [0.1, 0.15) is 24.4 Å². The van der Waals surface area contributed by atoms with Crippen LogP contribution in [0.4, 0.5) is 0 Å². The lowest BCUT2D eigenvalue weighted by Crippen LogP contribution is -2.64. The molecule has 0 spiro atoms. The van der Waals surface area contributed by atoms with Crippen molar-refractivity contribution in [2.45, 2.75) is 37.6 Å². The molecule has 0 bridgehead atoms. The predicted molar refractivity (Wildman–Crippen MR) is 58.5 cm³/mol. The van der Waals surface area contributed by atoms with Crippen LogP contribution in [0.2, 0.25) is 0 Å². The molecule has 6 N–H and O–H groups in total. The zero-order valence-corrected chi connectivity index (χ0v) is 10.8. The van der Waals surface area contributed by atoms with Crippen LogP contribution in [-0.2, 0) is 18.6 Å². The van der Waals surface area contributed by atoms with Crippen LogP contribution in [0, 0.1) is 0 Å². The summed E-state index contributed by atoms with van der Waals surface area (Å²) in [6.45, 7) is 0.401. The van der Waals surface area contributed by atoms with Gasteiger partial charge >= 0.3 is 7.82 Å². The largest absolute Gasteiger partial charge is 0.470 e. The van der Waals surface area contributed by atoms with Crippen LogP contribution in [0.1, 0.15) is 6.92 Å². The van der Waals surface area contributed by atoms with E-state index in [4.69, 9.17) is 19.6 Å². The highest BCUT2D eigenvalue weighted by atomic mass is 31.2. The Bertz CT molecular complexity index is 371. The third kappa shape index (κ3) is 4.48. The topological polar surface area (TPSA) is 166 Å². The lowest BCUT2D eigenvalue weighted by molar-refractivity contribution is -0.251. The van der Waals surface area contributed by atoms with Gasteiger partial charge in [-0.25, -0.2) is 4.57 Å². The van der Waals surface area contributed by atoms with Gasteiger partial charge in [0.05, 0.1) is 6.61 Å².